The summed E-state index contributed by atoms with van der Waals surface area (Å²) in [5.41, 5.74) is 6.10. The zero-order valence-electron chi connectivity index (χ0n) is 18.0. The summed E-state index contributed by atoms with van der Waals surface area (Å²) in [6.07, 6.45) is 7.54. The van der Waals surface area contributed by atoms with Crippen LogP contribution in [0.5, 0.6) is 0 Å². The number of hydrogen-bond acceptors (Lipinski definition) is 3. The van der Waals surface area contributed by atoms with Gasteiger partial charge < -0.3 is 9.80 Å². The average molecular weight is 388 g/mol. The van der Waals surface area contributed by atoms with Crippen LogP contribution in [0.3, 0.4) is 0 Å². The van der Waals surface area contributed by atoms with Crippen LogP contribution in [0.1, 0.15) is 56.2 Å². The second kappa shape index (κ2) is 9.71. The zero-order valence-corrected chi connectivity index (χ0v) is 18.0. The molecule has 0 radical (unpaired) electrons. The molecule has 3 rings (SSSR count). The van der Waals surface area contributed by atoms with E-state index in [1.807, 2.05) is 4.90 Å². The fraction of sp³-hybridized carbons (Fsp3) is 0.500. The van der Waals surface area contributed by atoms with Crippen LogP contribution in [0.4, 0.5) is 0 Å². The van der Waals surface area contributed by atoms with Crippen LogP contribution in [0, 0.1) is 35.1 Å². The number of benzene rings is 1. The lowest BCUT2D eigenvalue weighted by atomic mass is 9.90. The van der Waals surface area contributed by atoms with E-state index < -0.39 is 0 Å². The van der Waals surface area contributed by atoms with E-state index in [9.17, 15) is 0 Å². The summed E-state index contributed by atoms with van der Waals surface area (Å²) in [4.78, 5) is 4.32. The highest BCUT2D eigenvalue weighted by atomic mass is 15.2. The van der Waals surface area contributed by atoms with Crippen molar-refractivity contribution in [2.24, 2.45) is 11.8 Å². The predicted molar refractivity (Wildman–Crippen MR) is 121 cm³/mol. The van der Waals surface area contributed by atoms with Crippen LogP contribution in [-0.4, -0.2) is 36.0 Å². The molecular weight excluding hydrogens is 354 g/mol. The van der Waals surface area contributed by atoms with Gasteiger partial charge in [0, 0.05) is 49.3 Å². The van der Waals surface area contributed by atoms with Crippen LogP contribution in [0.15, 0.2) is 37.1 Å². The van der Waals surface area contributed by atoms with Crippen molar-refractivity contribution < 1.29 is 0 Å². The van der Waals surface area contributed by atoms with Gasteiger partial charge in [0.25, 0.3) is 0 Å². The van der Waals surface area contributed by atoms with E-state index in [4.69, 9.17) is 5.26 Å². The highest BCUT2D eigenvalue weighted by Crippen LogP contribution is 2.29. The normalized spacial score (nSPS) is 18.0. The Kier molecular flexibility index (Phi) is 7.05. The molecule has 0 spiro atoms. The van der Waals surface area contributed by atoms with Gasteiger partial charge in [-0.2, -0.15) is 5.26 Å². The summed E-state index contributed by atoms with van der Waals surface area (Å²) in [6, 6.07) is 6.39. The summed E-state index contributed by atoms with van der Waals surface area (Å²) >= 11 is 0. The highest BCUT2D eigenvalue weighted by molar-refractivity contribution is 5.67. The third kappa shape index (κ3) is 5.04. The van der Waals surface area contributed by atoms with Gasteiger partial charge in [-0.05, 0) is 56.2 Å². The molecule has 3 nitrogen and oxygen atoms in total. The van der Waals surface area contributed by atoms with Gasteiger partial charge >= 0.3 is 0 Å². The molecule has 1 aromatic rings. The number of nitrogens with zero attached hydrogens (tertiary/aromatic N) is 3. The van der Waals surface area contributed by atoms with Crippen molar-refractivity contribution in [3.8, 4) is 18.0 Å². The monoisotopic (exact) mass is 387 g/mol. The molecule has 3 heteroatoms. The maximum Gasteiger partial charge on any atom is 0.179 e. The van der Waals surface area contributed by atoms with Gasteiger partial charge in [-0.3, -0.25) is 0 Å². The Morgan fingerprint density at radius 2 is 1.79 bits per heavy atom. The number of nitriles is 1. The lowest BCUT2D eigenvalue weighted by molar-refractivity contribution is 0.196. The van der Waals surface area contributed by atoms with Crippen molar-refractivity contribution in [1.82, 2.24) is 9.80 Å². The fourth-order valence-electron chi connectivity index (χ4n) is 4.55. The number of likely N-dealkylation sites (tertiary alicyclic amines) is 2. The topological polar surface area (TPSA) is 30.3 Å². The Labute approximate surface area is 176 Å². The SMILES string of the molecule is C=C(C)c1cccc(C#CC2CCN(C(=C)C3CCN(C#N)CC3)CC2)c1CC. The first-order chi connectivity index (χ1) is 14.0. The third-order valence-electron chi connectivity index (χ3n) is 6.41. The summed E-state index contributed by atoms with van der Waals surface area (Å²) in [5, 5.41) is 9.03. The highest BCUT2D eigenvalue weighted by Gasteiger charge is 2.26. The van der Waals surface area contributed by atoms with Crippen LogP contribution in [0.2, 0.25) is 0 Å². The van der Waals surface area contributed by atoms with Crippen molar-refractivity contribution in [3.63, 3.8) is 0 Å². The molecule has 2 heterocycles. The minimum Gasteiger partial charge on any atom is -0.375 e. The molecule has 0 aliphatic carbocycles. The Morgan fingerprint density at radius 1 is 1.10 bits per heavy atom. The summed E-state index contributed by atoms with van der Waals surface area (Å²) in [5.74, 6) is 8.02. The molecule has 0 aromatic heterocycles. The maximum atomic E-state index is 9.03. The Bertz CT molecular complexity index is 848. The van der Waals surface area contributed by atoms with E-state index in [0.717, 1.165) is 69.4 Å². The molecule has 0 N–H and O–H groups in total. The molecule has 1 aromatic carbocycles. The van der Waals surface area contributed by atoms with Gasteiger partial charge in [0.05, 0.1) is 0 Å². The van der Waals surface area contributed by atoms with Gasteiger partial charge in [-0.25, -0.2) is 0 Å². The Balaban J connectivity index is 1.58. The molecule has 2 fully saturated rings. The summed E-state index contributed by atoms with van der Waals surface area (Å²) in [7, 11) is 0. The van der Waals surface area contributed by atoms with Gasteiger partial charge in [-0.15, -0.1) is 0 Å². The lowest BCUT2D eigenvalue weighted by Gasteiger charge is -2.38. The van der Waals surface area contributed by atoms with Gasteiger partial charge in [-0.1, -0.05) is 49.6 Å². The molecule has 0 unspecified atom stereocenters. The van der Waals surface area contributed by atoms with Crippen molar-refractivity contribution in [2.75, 3.05) is 26.2 Å². The van der Waals surface area contributed by atoms with E-state index in [-0.39, 0.29) is 0 Å². The Morgan fingerprint density at radius 3 is 2.38 bits per heavy atom. The largest absolute Gasteiger partial charge is 0.375 e. The predicted octanol–water partition coefficient (Wildman–Crippen LogP) is 5.05. The van der Waals surface area contributed by atoms with Crippen LogP contribution in [-0.2, 0) is 6.42 Å². The van der Waals surface area contributed by atoms with Gasteiger partial charge in [0.1, 0.15) is 0 Å². The number of hydrogen-bond donors (Lipinski definition) is 0. The van der Waals surface area contributed by atoms with E-state index in [1.54, 1.807) is 0 Å². The average Bonchev–Trinajstić information content (AvgIpc) is 2.77. The smallest absolute Gasteiger partial charge is 0.179 e. The Hall–Kier alpha value is -2.65. The molecule has 2 aliphatic heterocycles. The number of allylic oxidation sites excluding steroid dienone is 2. The molecular formula is C26H33N3. The second-order valence-corrected chi connectivity index (χ2v) is 8.35. The third-order valence-corrected chi connectivity index (χ3v) is 6.41. The summed E-state index contributed by atoms with van der Waals surface area (Å²) < 4.78 is 0. The van der Waals surface area contributed by atoms with Gasteiger partial charge in [0.2, 0.25) is 0 Å². The first-order valence-electron chi connectivity index (χ1n) is 10.9. The molecule has 0 amide bonds. The molecule has 29 heavy (non-hydrogen) atoms. The van der Waals surface area contributed by atoms with E-state index >= 15 is 0 Å². The van der Waals surface area contributed by atoms with E-state index in [2.05, 4.69) is 68.1 Å². The minimum absolute atomic E-state index is 0.456. The van der Waals surface area contributed by atoms with Crippen LogP contribution >= 0.6 is 0 Å². The van der Waals surface area contributed by atoms with Crippen molar-refractivity contribution in [3.05, 3.63) is 53.7 Å². The molecule has 2 saturated heterocycles. The van der Waals surface area contributed by atoms with E-state index in [1.165, 1.54) is 16.8 Å². The molecule has 2 aliphatic rings. The quantitative estimate of drug-likeness (QED) is 0.535. The van der Waals surface area contributed by atoms with E-state index in [0.29, 0.717) is 11.8 Å². The first kappa shape index (κ1) is 21.1. The number of rotatable bonds is 4. The number of piperidine rings is 2. The van der Waals surface area contributed by atoms with Crippen LogP contribution in [0.25, 0.3) is 5.57 Å². The molecule has 0 atom stereocenters. The van der Waals surface area contributed by atoms with Crippen molar-refractivity contribution in [2.45, 2.75) is 46.0 Å². The molecule has 0 bridgehead atoms. The maximum absolute atomic E-state index is 9.03. The fourth-order valence-corrected chi connectivity index (χ4v) is 4.55. The first-order valence-corrected chi connectivity index (χ1v) is 10.9. The van der Waals surface area contributed by atoms with Crippen molar-refractivity contribution >= 4 is 5.57 Å². The zero-order chi connectivity index (χ0) is 20.8. The molecule has 152 valence electrons. The lowest BCUT2D eigenvalue weighted by Crippen LogP contribution is -2.38. The van der Waals surface area contributed by atoms with Gasteiger partial charge in [0.15, 0.2) is 6.19 Å². The molecule has 0 saturated carbocycles. The standard InChI is InChI=1S/C26H33N3/c1-5-25-24(7-6-8-26(25)20(2)3)10-9-22-11-17-29(18-12-22)21(4)23-13-15-28(19-27)16-14-23/h6-8,22-23H,2,4-5,11-18H2,1,3H3. The second-order valence-electron chi connectivity index (χ2n) is 8.35. The summed E-state index contributed by atoms with van der Waals surface area (Å²) in [6.45, 7) is 16.6. The van der Waals surface area contributed by atoms with Crippen molar-refractivity contribution in [1.29, 1.82) is 5.26 Å². The van der Waals surface area contributed by atoms with Crippen LogP contribution < -0.4 is 0 Å². The minimum atomic E-state index is 0.456.